The Bertz CT molecular complexity index is 446. The van der Waals surface area contributed by atoms with E-state index < -0.39 is 0 Å². The number of hydrogen-bond acceptors (Lipinski definition) is 1. The molecule has 0 saturated heterocycles. The highest BCUT2D eigenvalue weighted by Crippen LogP contribution is 2.37. The van der Waals surface area contributed by atoms with Crippen LogP contribution in [0.2, 0.25) is 0 Å². The van der Waals surface area contributed by atoms with Crippen LogP contribution in [0.25, 0.3) is 0 Å². The molecular formula is C22H41N. The minimum absolute atomic E-state index is 0.0686. The molecule has 134 valence electrons. The molecule has 1 unspecified atom stereocenters. The normalized spacial score (nSPS) is 14.3. The quantitative estimate of drug-likeness (QED) is 0.485. The molecule has 0 aliphatic carbocycles. The van der Waals surface area contributed by atoms with Crippen molar-refractivity contribution in [1.29, 1.82) is 0 Å². The molecule has 0 aliphatic heterocycles. The van der Waals surface area contributed by atoms with Crippen LogP contribution in [0.5, 0.6) is 0 Å². The van der Waals surface area contributed by atoms with Crippen LogP contribution in [0.15, 0.2) is 36.6 Å². The summed E-state index contributed by atoms with van der Waals surface area (Å²) >= 11 is 0. The van der Waals surface area contributed by atoms with Crippen LogP contribution < -0.4 is 0 Å². The monoisotopic (exact) mass is 319 g/mol. The summed E-state index contributed by atoms with van der Waals surface area (Å²) in [6.45, 7) is 33.3. The van der Waals surface area contributed by atoms with Gasteiger partial charge in [-0.3, -0.25) is 0 Å². The Labute approximate surface area is 146 Å². The Morgan fingerprint density at radius 2 is 1.26 bits per heavy atom. The van der Waals surface area contributed by atoms with Crippen molar-refractivity contribution in [2.45, 2.75) is 81.2 Å². The molecule has 1 atom stereocenters. The van der Waals surface area contributed by atoms with Gasteiger partial charge in [0.1, 0.15) is 0 Å². The fourth-order valence-electron chi connectivity index (χ4n) is 2.49. The van der Waals surface area contributed by atoms with Gasteiger partial charge in [0.15, 0.2) is 0 Å². The maximum Gasteiger partial charge on any atom is 0.0535 e. The van der Waals surface area contributed by atoms with Gasteiger partial charge in [-0.2, -0.15) is 0 Å². The van der Waals surface area contributed by atoms with Gasteiger partial charge in [0.25, 0.3) is 0 Å². The van der Waals surface area contributed by atoms with Gasteiger partial charge in [0.2, 0.25) is 0 Å². The standard InChI is InChI=1S/C22H41N/c1-16(21(7,8)9)14-19(18(3)22(10,11)12)23(13)17(2)15-20(4,5)6/h19H,1-3,14-15H2,4-13H3. The molecule has 0 bridgehead atoms. The molecule has 23 heavy (non-hydrogen) atoms. The smallest absolute Gasteiger partial charge is 0.0535 e. The third-order valence-electron chi connectivity index (χ3n) is 4.57. The highest BCUT2D eigenvalue weighted by Gasteiger charge is 2.30. The van der Waals surface area contributed by atoms with E-state index in [0.717, 1.165) is 12.8 Å². The first-order valence-corrected chi connectivity index (χ1v) is 8.75. The van der Waals surface area contributed by atoms with Crippen LogP contribution in [-0.4, -0.2) is 18.0 Å². The van der Waals surface area contributed by atoms with Gasteiger partial charge in [0, 0.05) is 12.7 Å². The van der Waals surface area contributed by atoms with E-state index in [4.69, 9.17) is 0 Å². The Kier molecular flexibility index (Phi) is 6.97. The first-order chi connectivity index (χ1) is 9.97. The maximum absolute atomic E-state index is 4.44. The van der Waals surface area contributed by atoms with Crippen LogP contribution in [-0.2, 0) is 0 Å². The summed E-state index contributed by atoms with van der Waals surface area (Å²) in [5, 5.41) is 0. The number of rotatable bonds is 6. The summed E-state index contributed by atoms with van der Waals surface area (Å²) in [6, 6.07) is 0.247. The molecule has 0 heterocycles. The highest BCUT2D eigenvalue weighted by molar-refractivity contribution is 5.22. The minimum Gasteiger partial charge on any atom is -0.371 e. The largest absolute Gasteiger partial charge is 0.371 e. The summed E-state index contributed by atoms with van der Waals surface area (Å²) in [5.74, 6) is 0. The third-order valence-corrected chi connectivity index (χ3v) is 4.57. The Hall–Kier alpha value is -0.980. The predicted octanol–water partition coefficient (Wildman–Crippen LogP) is 6.83. The van der Waals surface area contributed by atoms with Gasteiger partial charge in [-0.15, -0.1) is 0 Å². The zero-order valence-electron chi connectivity index (χ0n) is 17.6. The molecular weight excluding hydrogens is 278 g/mol. The third kappa shape index (κ3) is 7.42. The van der Waals surface area contributed by atoms with Gasteiger partial charge in [-0.1, -0.05) is 87.6 Å². The van der Waals surface area contributed by atoms with Crippen molar-refractivity contribution in [3.63, 3.8) is 0 Å². The zero-order chi connectivity index (χ0) is 18.8. The van der Waals surface area contributed by atoms with Gasteiger partial charge >= 0.3 is 0 Å². The lowest BCUT2D eigenvalue weighted by Gasteiger charge is -2.41. The van der Waals surface area contributed by atoms with Crippen LogP contribution in [0, 0.1) is 16.2 Å². The SMILES string of the molecule is C=C(CC(C)(C)C)N(C)C(CC(=C)C(C)(C)C)C(=C)C(C)(C)C. The number of hydrogen-bond donors (Lipinski definition) is 0. The molecule has 1 nitrogen and oxygen atoms in total. The molecule has 0 rings (SSSR count). The van der Waals surface area contributed by atoms with Crippen molar-refractivity contribution in [2.24, 2.45) is 16.2 Å². The second-order valence-electron chi connectivity index (χ2n) is 10.3. The number of allylic oxidation sites excluding steroid dienone is 1. The maximum atomic E-state index is 4.44. The number of nitrogens with zero attached hydrogens (tertiary/aromatic N) is 1. The van der Waals surface area contributed by atoms with Gasteiger partial charge in [-0.05, 0) is 34.7 Å². The summed E-state index contributed by atoms with van der Waals surface area (Å²) < 4.78 is 0. The van der Waals surface area contributed by atoms with E-state index in [1.54, 1.807) is 0 Å². The van der Waals surface area contributed by atoms with Crippen LogP contribution in [0.3, 0.4) is 0 Å². The molecule has 1 heteroatoms. The molecule has 0 fully saturated rings. The summed E-state index contributed by atoms with van der Waals surface area (Å²) in [6.07, 6.45) is 1.92. The van der Waals surface area contributed by atoms with Gasteiger partial charge < -0.3 is 4.90 Å². The van der Waals surface area contributed by atoms with Crippen molar-refractivity contribution in [3.8, 4) is 0 Å². The van der Waals surface area contributed by atoms with E-state index in [-0.39, 0.29) is 22.3 Å². The molecule has 0 aromatic carbocycles. The van der Waals surface area contributed by atoms with Gasteiger partial charge in [0.05, 0.1) is 6.04 Å². The first kappa shape index (κ1) is 22.0. The van der Waals surface area contributed by atoms with Crippen molar-refractivity contribution in [2.75, 3.05) is 7.05 Å². The molecule has 0 radical (unpaired) electrons. The Balaban J connectivity index is 5.48. The molecule has 0 aromatic heterocycles. The molecule has 0 spiro atoms. The summed E-state index contributed by atoms with van der Waals surface area (Å²) in [5.41, 5.74) is 4.11. The fourth-order valence-corrected chi connectivity index (χ4v) is 2.49. The molecule has 0 aliphatic rings. The van der Waals surface area contributed by atoms with E-state index in [9.17, 15) is 0 Å². The average Bonchev–Trinajstić information content (AvgIpc) is 2.29. The Morgan fingerprint density at radius 3 is 1.57 bits per heavy atom. The van der Waals surface area contributed by atoms with E-state index in [2.05, 4.69) is 94.0 Å². The lowest BCUT2D eigenvalue weighted by Crippen LogP contribution is -2.38. The topological polar surface area (TPSA) is 3.24 Å². The molecule has 0 amide bonds. The summed E-state index contributed by atoms with van der Waals surface area (Å²) in [7, 11) is 2.16. The van der Waals surface area contributed by atoms with Crippen LogP contribution >= 0.6 is 0 Å². The van der Waals surface area contributed by atoms with Crippen LogP contribution in [0.1, 0.15) is 75.2 Å². The molecule has 0 aromatic rings. The molecule has 0 N–H and O–H groups in total. The van der Waals surface area contributed by atoms with Crippen molar-refractivity contribution >= 4 is 0 Å². The first-order valence-electron chi connectivity index (χ1n) is 8.75. The highest BCUT2D eigenvalue weighted by atomic mass is 15.1. The zero-order valence-corrected chi connectivity index (χ0v) is 17.6. The lowest BCUT2D eigenvalue weighted by atomic mass is 9.76. The van der Waals surface area contributed by atoms with Crippen LogP contribution in [0.4, 0.5) is 0 Å². The minimum atomic E-state index is 0.0686. The predicted molar refractivity (Wildman–Crippen MR) is 107 cm³/mol. The van der Waals surface area contributed by atoms with E-state index in [1.165, 1.54) is 16.8 Å². The summed E-state index contributed by atoms with van der Waals surface area (Å²) in [4.78, 5) is 2.33. The molecule has 0 saturated carbocycles. The van der Waals surface area contributed by atoms with Crippen molar-refractivity contribution < 1.29 is 0 Å². The average molecular weight is 320 g/mol. The van der Waals surface area contributed by atoms with Crippen molar-refractivity contribution in [3.05, 3.63) is 36.6 Å². The van der Waals surface area contributed by atoms with Crippen molar-refractivity contribution in [1.82, 2.24) is 4.90 Å². The van der Waals surface area contributed by atoms with E-state index in [1.807, 2.05) is 0 Å². The second-order valence-corrected chi connectivity index (χ2v) is 10.3. The van der Waals surface area contributed by atoms with E-state index >= 15 is 0 Å². The second kappa shape index (κ2) is 7.28. The van der Waals surface area contributed by atoms with E-state index in [0.29, 0.717) is 0 Å². The Morgan fingerprint density at radius 1 is 0.826 bits per heavy atom. The number of likely N-dealkylation sites (N-methyl/N-ethyl adjacent to an activating group) is 1. The lowest BCUT2D eigenvalue weighted by molar-refractivity contribution is 0.255. The van der Waals surface area contributed by atoms with Gasteiger partial charge in [-0.25, -0.2) is 0 Å². The fraction of sp³-hybridized carbons (Fsp3) is 0.727.